The summed E-state index contributed by atoms with van der Waals surface area (Å²) in [7, 11) is 0. The molecular formula is C29H24ClFN2O2. The molecule has 3 aromatic rings. The molecule has 2 N–H and O–H groups in total. The number of rotatable bonds is 4. The summed E-state index contributed by atoms with van der Waals surface area (Å²) in [4.78, 5) is 27.1. The number of ketones is 1. The molecule has 5 rings (SSSR count). The van der Waals surface area contributed by atoms with Crippen molar-refractivity contribution in [3.05, 3.63) is 123 Å². The van der Waals surface area contributed by atoms with Crippen LogP contribution in [0.25, 0.3) is 0 Å². The summed E-state index contributed by atoms with van der Waals surface area (Å²) in [6, 6.07) is 23.0. The van der Waals surface area contributed by atoms with E-state index < -0.39 is 11.7 Å². The van der Waals surface area contributed by atoms with Gasteiger partial charge in [-0.3, -0.25) is 9.59 Å². The fourth-order valence-electron chi connectivity index (χ4n) is 5.05. The quantitative estimate of drug-likeness (QED) is 0.443. The third-order valence-electron chi connectivity index (χ3n) is 6.63. The minimum Gasteiger partial charge on any atom is -0.362 e. The fraction of sp³-hybridized carbons (Fsp3) is 0.172. The number of anilines is 1. The number of carbonyl (C=O) groups is 2. The first-order valence-electron chi connectivity index (χ1n) is 11.5. The monoisotopic (exact) mass is 486 g/mol. The van der Waals surface area contributed by atoms with Gasteiger partial charge in [0.1, 0.15) is 5.82 Å². The number of carbonyl (C=O) groups excluding carboxylic acids is 2. The highest BCUT2D eigenvalue weighted by Crippen LogP contribution is 2.45. The second kappa shape index (κ2) is 9.51. The van der Waals surface area contributed by atoms with E-state index >= 15 is 0 Å². The van der Waals surface area contributed by atoms with E-state index in [9.17, 15) is 14.0 Å². The summed E-state index contributed by atoms with van der Waals surface area (Å²) in [6.07, 6.45) is 1.04. The smallest absolute Gasteiger partial charge is 0.254 e. The standard InChI is InChI=1S/C29H24ClFN2O2/c1-17-26(29(35)33-23-9-5-8-22(31)16-23)27(19-10-12-21(30)13-11-19)28-24(32-17)14-20(15-25(28)34)18-6-3-2-4-7-18/h2-13,16,20,27,32H,14-15H2,1H3,(H,33,35). The van der Waals surface area contributed by atoms with Gasteiger partial charge in [-0.15, -0.1) is 0 Å². The lowest BCUT2D eigenvalue weighted by atomic mass is 9.71. The van der Waals surface area contributed by atoms with Crippen molar-refractivity contribution in [2.24, 2.45) is 0 Å². The molecule has 6 heteroatoms. The zero-order valence-electron chi connectivity index (χ0n) is 19.1. The van der Waals surface area contributed by atoms with Crippen LogP contribution >= 0.6 is 11.6 Å². The highest BCUT2D eigenvalue weighted by Gasteiger charge is 2.40. The van der Waals surface area contributed by atoms with Crippen LogP contribution in [-0.2, 0) is 9.59 Å². The molecule has 0 radical (unpaired) electrons. The number of halogens is 2. The van der Waals surface area contributed by atoms with Crippen LogP contribution in [0, 0.1) is 5.82 Å². The van der Waals surface area contributed by atoms with Gasteiger partial charge in [-0.25, -0.2) is 4.39 Å². The lowest BCUT2D eigenvalue weighted by molar-refractivity contribution is -0.116. The largest absolute Gasteiger partial charge is 0.362 e. The molecule has 0 spiro atoms. The van der Waals surface area contributed by atoms with Gasteiger partial charge < -0.3 is 10.6 Å². The zero-order chi connectivity index (χ0) is 24.5. The van der Waals surface area contributed by atoms with Crippen molar-refractivity contribution in [1.82, 2.24) is 5.32 Å². The van der Waals surface area contributed by atoms with Crippen LogP contribution in [-0.4, -0.2) is 11.7 Å². The Labute approximate surface area is 208 Å². The Kier molecular flexibility index (Phi) is 6.27. The molecule has 2 atom stereocenters. The van der Waals surface area contributed by atoms with E-state index in [-0.39, 0.29) is 17.6 Å². The van der Waals surface area contributed by atoms with Crippen LogP contribution in [0.5, 0.6) is 0 Å². The predicted octanol–water partition coefficient (Wildman–Crippen LogP) is 6.48. The Hall–Kier alpha value is -3.70. The van der Waals surface area contributed by atoms with Gasteiger partial charge in [0.25, 0.3) is 5.91 Å². The van der Waals surface area contributed by atoms with Gasteiger partial charge in [0.2, 0.25) is 0 Å². The van der Waals surface area contributed by atoms with Gasteiger partial charge >= 0.3 is 0 Å². The highest BCUT2D eigenvalue weighted by atomic mass is 35.5. The van der Waals surface area contributed by atoms with Crippen LogP contribution in [0.2, 0.25) is 5.02 Å². The average molecular weight is 487 g/mol. The Morgan fingerprint density at radius 2 is 1.71 bits per heavy atom. The van der Waals surface area contributed by atoms with E-state index in [0.29, 0.717) is 40.4 Å². The Morgan fingerprint density at radius 3 is 2.43 bits per heavy atom. The minimum absolute atomic E-state index is 0.0103. The van der Waals surface area contributed by atoms with Crippen molar-refractivity contribution in [2.75, 3.05) is 5.32 Å². The third-order valence-corrected chi connectivity index (χ3v) is 6.88. The van der Waals surface area contributed by atoms with Crippen molar-refractivity contribution in [2.45, 2.75) is 31.6 Å². The molecule has 1 aliphatic carbocycles. The second-order valence-electron chi connectivity index (χ2n) is 8.94. The molecule has 0 fully saturated rings. The molecule has 3 aromatic carbocycles. The molecule has 1 heterocycles. The summed E-state index contributed by atoms with van der Waals surface area (Å²) in [5.74, 6) is -1.30. The molecule has 0 bridgehead atoms. The van der Waals surface area contributed by atoms with Crippen molar-refractivity contribution >= 4 is 29.0 Å². The topological polar surface area (TPSA) is 58.2 Å². The normalized spacial score (nSPS) is 19.8. The first-order valence-corrected chi connectivity index (χ1v) is 11.9. The summed E-state index contributed by atoms with van der Waals surface area (Å²) in [5.41, 5.74) is 4.82. The minimum atomic E-state index is -0.554. The lowest BCUT2D eigenvalue weighted by Gasteiger charge is -2.37. The molecule has 1 amide bonds. The number of hydrogen-bond acceptors (Lipinski definition) is 3. The number of amides is 1. The third kappa shape index (κ3) is 4.64. The molecule has 0 aromatic heterocycles. The van der Waals surface area contributed by atoms with Gasteiger partial charge in [-0.2, -0.15) is 0 Å². The van der Waals surface area contributed by atoms with Crippen LogP contribution < -0.4 is 10.6 Å². The second-order valence-corrected chi connectivity index (χ2v) is 9.38. The number of nitrogens with one attached hydrogen (secondary N) is 2. The van der Waals surface area contributed by atoms with E-state index in [2.05, 4.69) is 10.6 Å². The van der Waals surface area contributed by atoms with Gasteiger partial charge in [-0.05, 0) is 60.7 Å². The number of allylic oxidation sites excluding steroid dienone is 3. The number of Topliss-reactive ketones (excluding diaryl/α,β-unsaturated/α-hetero) is 1. The SMILES string of the molecule is CC1=C(C(=O)Nc2cccc(F)c2)C(c2ccc(Cl)cc2)C2=C(CC(c3ccccc3)CC2=O)N1. The predicted molar refractivity (Wildman–Crippen MR) is 136 cm³/mol. The maximum Gasteiger partial charge on any atom is 0.254 e. The first-order chi connectivity index (χ1) is 16.9. The van der Waals surface area contributed by atoms with Gasteiger partial charge in [-0.1, -0.05) is 60.1 Å². The van der Waals surface area contributed by atoms with Gasteiger partial charge in [0, 0.05) is 45.6 Å². The van der Waals surface area contributed by atoms with Crippen LogP contribution in [0.4, 0.5) is 10.1 Å². The summed E-state index contributed by atoms with van der Waals surface area (Å²) < 4.78 is 13.7. The van der Waals surface area contributed by atoms with E-state index in [1.54, 1.807) is 18.2 Å². The fourth-order valence-corrected chi connectivity index (χ4v) is 5.18. The van der Waals surface area contributed by atoms with Crippen LogP contribution in [0.3, 0.4) is 0 Å². The van der Waals surface area contributed by atoms with Crippen molar-refractivity contribution < 1.29 is 14.0 Å². The molecule has 2 aliphatic rings. The molecule has 176 valence electrons. The van der Waals surface area contributed by atoms with Crippen molar-refractivity contribution in [3.8, 4) is 0 Å². The molecule has 1 aliphatic heterocycles. The molecular weight excluding hydrogens is 463 g/mol. The number of hydrogen-bond donors (Lipinski definition) is 2. The van der Waals surface area contributed by atoms with E-state index in [1.165, 1.54) is 18.2 Å². The first kappa shape index (κ1) is 23.1. The van der Waals surface area contributed by atoms with Crippen LogP contribution in [0.1, 0.15) is 42.7 Å². The molecule has 2 unspecified atom stereocenters. The molecule has 0 saturated heterocycles. The maximum atomic E-state index is 13.7. The molecule has 4 nitrogen and oxygen atoms in total. The van der Waals surface area contributed by atoms with Crippen LogP contribution in [0.15, 0.2) is 101 Å². The Morgan fingerprint density at radius 1 is 0.971 bits per heavy atom. The van der Waals surface area contributed by atoms with Gasteiger partial charge in [0.15, 0.2) is 5.78 Å². The van der Waals surface area contributed by atoms with E-state index in [1.807, 2.05) is 49.4 Å². The summed E-state index contributed by atoms with van der Waals surface area (Å²) in [6.45, 7) is 1.84. The number of dihydropyridines is 1. The maximum absolute atomic E-state index is 13.7. The molecule has 35 heavy (non-hydrogen) atoms. The lowest BCUT2D eigenvalue weighted by Crippen LogP contribution is -2.37. The number of benzene rings is 3. The Balaban J connectivity index is 1.56. The molecule has 0 saturated carbocycles. The Bertz CT molecular complexity index is 1360. The van der Waals surface area contributed by atoms with Gasteiger partial charge in [0.05, 0.1) is 0 Å². The summed E-state index contributed by atoms with van der Waals surface area (Å²) in [5, 5.41) is 6.74. The van der Waals surface area contributed by atoms with Crippen molar-refractivity contribution in [3.63, 3.8) is 0 Å². The zero-order valence-corrected chi connectivity index (χ0v) is 19.9. The van der Waals surface area contributed by atoms with E-state index in [0.717, 1.165) is 16.8 Å². The summed E-state index contributed by atoms with van der Waals surface area (Å²) >= 11 is 6.14. The van der Waals surface area contributed by atoms with E-state index in [4.69, 9.17) is 11.6 Å². The van der Waals surface area contributed by atoms with Crippen molar-refractivity contribution in [1.29, 1.82) is 0 Å². The highest BCUT2D eigenvalue weighted by molar-refractivity contribution is 6.30. The average Bonchev–Trinajstić information content (AvgIpc) is 2.84.